The third-order valence-corrected chi connectivity index (χ3v) is 6.30. The first kappa shape index (κ1) is 20.6. The van der Waals surface area contributed by atoms with Crippen LogP contribution in [0.25, 0.3) is 0 Å². The second-order valence-electron chi connectivity index (χ2n) is 5.11. The largest absolute Gasteiger partial charge is 0.500 e. The van der Waals surface area contributed by atoms with E-state index in [1.54, 1.807) is 12.3 Å². The molecule has 136 valence electrons. The Morgan fingerprint density at radius 2 is 1.79 bits per heavy atom. The molecule has 1 amide bonds. The summed E-state index contributed by atoms with van der Waals surface area (Å²) in [6, 6.07) is 4.20. The van der Waals surface area contributed by atoms with Gasteiger partial charge >= 0.3 is 14.9 Å². The summed E-state index contributed by atoms with van der Waals surface area (Å²) < 4.78 is 24.4. The monoisotopic (exact) mass is 357 g/mol. The van der Waals surface area contributed by atoms with Crippen molar-refractivity contribution in [2.24, 2.45) is 7.05 Å². The van der Waals surface area contributed by atoms with Crippen molar-refractivity contribution in [1.82, 2.24) is 5.32 Å². The molecule has 24 heavy (non-hydrogen) atoms. The van der Waals surface area contributed by atoms with Gasteiger partial charge < -0.3 is 23.3 Å². The van der Waals surface area contributed by atoms with Gasteiger partial charge in [0.05, 0.1) is 0 Å². The fourth-order valence-electron chi connectivity index (χ4n) is 2.26. The Balaban J connectivity index is 2.40. The van der Waals surface area contributed by atoms with Crippen LogP contribution >= 0.6 is 0 Å². The first-order chi connectivity index (χ1) is 11.5. The molecule has 0 fully saturated rings. The molecule has 1 aromatic rings. The number of carbonyl (C=O) groups excluding carboxylic acids is 1. The quantitative estimate of drug-likeness (QED) is 0.373. The number of pyridine rings is 1. The molecule has 0 unspecified atom stereocenters. The van der Waals surface area contributed by atoms with E-state index in [9.17, 15) is 4.79 Å². The Morgan fingerprint density at radius 1 is 1.17 bits per heavy atom. The fraction of sp³-hybridized carbons (Fsp3) is 0.625. The number of aryl methyl sites for hydroxylation is 1. The van der Waals surface area contributed by atoms with E-state index >= 15 is 0 Å². The second kappa shape index (κ2) is 11.1. The Kier molecular flexibility index (Phi) is 9.54. The number of hydrogen-bond donors (Lipinski definition) is 1. The van der Waals surface area contributed by atoms with Crippen LogP contribution in [0.3, 0.4) is 0 Å². The fourth-order valence-corrected chi connectivity index (χ4v) is 4.87. The van der Waals surface area contributed by atoms with Gasteiger partial charge in [0.25, 0.3) is 0 Å². The number of nitrogens with one attached hydrogen (secondary N) is 1. The van der Waals surface area contributed by atoms with Crippen LogP contribution in [0.5, 0.6) is 5.75 Å². The van der Waals surface area contributed by atoms with Gasteiger partial charge in [0.15, 0.2) is 11.9 Å². The topological polar surface area (TPSA) is 69.9 Å². The van der Waals surface area contributed by atoms with Crippen LogP contribution < -0.4 is 14.6 Å². The van der Waals surface area contributed by atoms with Crippen molar-refractivity contribution in [3.8, 4) is 5.75 Å². The van der Waals surface area contributed by atoms with Crippen molar-refractivity contribution in [1.29, 1.82) is 0 Å². The van der Waals surface area contributed by atoms with Gasteiger partial charge in [0.2, 0.25) is 6.20 Å². The van der Waals surface area contributed by atoms with Crippen LogP contribution in [0.4, 0.5) is 4.79 Å². The van der Waals surface area contributed by atoms with Crippen LogP contribution in [-0.2, 0) is 20.3 Å². The average Bonchev–Trinajstić information content (AvgIpc) is 2.52. The minimum absolute atomic E-state index is 0.472. The first-order valence-electron chi connectivity index (χ1n) is 8.38. The van der Waals surface area contributed by atoms with Crippen molar-refractivity contribution < 1.29 is 27.4 Å². The Morgan fingerprint density at radius 3 is 2.33 bits per heavy atom. The van der Waals surface area contributed by atoms with E-state index in [0.717, 1.165) is 0 Å². The van der Waals surface area contributed by atoms with Crippen molar-refractivity contribution in [2.75, 3.05) is 26.4 Å². The van der Waals surface area contributed by atoms with E-state index in [0.29, 0.717) is 44.6 Å². The number of ether oxygens (including phenoxy) is 1. The summed E-state index contributed by atoms with van der Waals surface area (Å²) in [6.45, 7) is 7.89. The van der Waals surface area contributed by atoms with Crippen molar-refractivity contribution in [3.63, 3.8) is 0 Å². The van der Waals surface area contributed by atoms with E-state index < -0.39 is 14.9 Å². The summed E-state index contributed by atoms with van der Waals surface area (Å²) in [5.74, 6) is 0.499. The van der Waals surface area contributed by atoms with E-state index in [1.165, 1.54) is 0 Å². The zero-order chi connectivity index (χ0) is 17.8. The summed E-state index contributed by atoms with van der Waals surface area (Å²) in [7, 11) is -0.779. The van der Waals surface area contributed by atoms with Gasteiger partial charge in [-0.25, -0.2) is 9.36 Å². The number of carbonyl (C=O) groups is 1. The Labute approximate surface area is 145 Å². The van der Waals surface area contributed by atoms with Crippen LogP contribution in [0, 0.1) is 0 Å². The van der Waals surface area contributed by atoms with Crippen LogP contribution in [0.2, 0.25) is 6.04 Å². The number of rotatable bonds is 11. The molecule has 0 aromatic carbocycles. The van der Waals surface area contributed by atoms with Gasteiger partial charge in [-0.3, -0.25) is 0 Å². The summed E-state index contributed by atoms with van der Waals surface area (Å²) >= 11 is 0. The third kappa shape index (κ3) is 7.39. The van der Waals surface area contributed by atoms with E-state index in [2.05, 4.69) is 5.32 Å². The molecular formula is C16H29N2O5Si+. The van der Waals surface area contributed by atoms with E-state index in [1.807, 2.05) is 44.6 Å². The average molecular weight is 358 g/mol. The highest BCUT2D eigenvalue weighted by atomic mass is 28.4. The summed E-state index contributed by atoms with van der Waals surface area (Å²) in [5, 5.41) is 2.73. The molecule has 1 N–H and O–H groups in total. The summed E-state index contributed by atoms with van der Waals surface area (Å²) in [6.07, 6.45) is 3.82. The molecule has 0 atom stereocenters. The van der Waals surface area contributed by atoms with Gasteiger partial charge in [-0.2, -0.15) is 0 Å². The maximum atomic E-state index is 11.8. The highest BCUT2D eigenvalue weighted by Crippen LogP contribution is 2.17. The van der Waals surface area contributed by atoms with Crippen LogP contribution in [0.1, 0.15) is 27.2 Å². The molecule has 0 saturated heterocycles. The predicted molar refractivity (Wildman–Crippen MR) is 91.7 cm³/mol. The SMILES string of the molecule is CCO[Si](CCCNC(=O)Oc1ccc[n+](C)c1)(OCC)OCC. The molecule has 0 saturated carbocycles. The smallest absolute Gasteiger partial charge is 0.404 e. The number of aromatic nitrogens is 1. The van der Waals surface area contributed by atoms with Crippen LogP contribution in [0.15, 0.2) is 24.5 Å². The molecule has 0 bridgehead atoms. The van der Waals surface area contributed by atoms with Gasteiger partial charge in [0.1, 0.15) is 7.05 Å². The normalized spacial score (nSPS) is 11.3. The van der Waals surface area contributed by atoms with Crippen molar-refractivity contribution in [3.05, 3.63) is 24.5 Å². The first-order valence-corrected chi connectivity index (χ1v) is 10.3. The highest BCUT2D eigenvalue weighted by molar-refractivity contribution is 6.60. The predicted octanol–water partition coefficient (Wildman–Crippen LogP) is 2.04. The van der Waals surface area contributed by atoms with Gasteiger partial charge in [-0.15, -0.1) is 0 Å². The Hall–Kier alpha value is -1.48. The minimum atomic E-state index is -2.64. The lowest BCUT2D eigenvalue weighted by Crippen LogP contribution is -2.46. The molecule has 0 spiro atoms. The third-order valence-electron chi connectivity index (χ3n) is 3.14. The molecule has 0 aliphatic rings. The lowest BCUT2D eigenvalue weighted by atomic mass is 10.4. The summed E-state index contributed by atoms with van der Waals surface area (Å²) in [4.78, 5) is 11.8. The maximum absolute atomic E-state index is 11.8. The molecule has 1 rings (SSSR count). The Bertz CT molecular complexity index is 484. The standard InChI is InChI=1S/C16H28N2O5Si/c1-5-20-24(21-6-2,22-7-3)13-9-11-17-16(19)23-15-10-8-12-18(4)14-15/h8,10,12,14H,5-7,9,11,13H2,1-4H3/p+1. The van der Waals surface area contributed by atoms with Gasteiger partial charge in [-0.1, -0.05) is 0 Å². The van der Waals surface area contributed by atoms with Gasteiger partial charge in [-0.05, 0) is 33.3 Å². The van der Waals surface area contributed by atoms with Crippen molar-refractivity contribution >= 4 is 14.9 Å². The minimum Gasteiger partial charge on any atom is -0.404 e. The lowest BCUT2D eigenvalue weighted by molar-refractivity contribution is -0.671. The van der Waals surface area contributed by atoms with Crippen molar-refractivity contribution in [2.45, 2.75) is 33.2 Å². The molecule has 0 aliphatic carbocycles. The summed E-state index contributed by atoms with van der Waals surface area (Å²) in [5.41, 5.74) is 0. The molecule has 7 nitrogen and oxygen atoms in total. The van der Waals surface area contributed by atoms with Crippen LogP contribution in [-0.4, -0.2) is 41.3 Å². The van der Waals surface area contributed by atoms with E-state index in [4.69, 9.17) is 18.0 Å². The zero-order valence-electron chi connectivity index (χ0n) is 15.0. The molecule has 8 heteroatoms. The molecule has 1 heterocycles. The molecule has 1 aromatic heterocycles. The maximum Gasteiger partial charge on any atom is 0.500 e. The number of nitrogens with zero attached hydrogens (tertiary/aromatic N) is 1. The lowest BCUT2D eigenvalue weighted by Gasteiger charge is -2.28. The highest BCUT2D eigenvalue weighted by Gasteiger charge is 2.39. The molecule has 0 aliphatic heterocycles. The second-order valence-corrected chi connectivity index (χ2v) is 7.84. The molecule has 0 radical (unpaired) electrons. The van der Waals surface area contributed by atoms with Gasteiger partial charge in [0, 0.05) is 38.5 Å². The number of amides is 1. The van der Waals surface area contributed by atoms with E-state index in [-0.39, 0.29) is 0 Å². The molecular weight excluding hydrogens is 328 g/mol. The number of hydrogen-bond acceptors (Lipinski definition) is 5. The zero-order valence-corrected chi connectivity index (χ0v) is 16.0.